The van der Waals surface area contributed by atoms with Crippen molar-refractivity contribution in [3.05, 3.63) is 63.6 Å². The molecule has 0 amide bonds. The van der Waals surface area contributed by atoms with Gasteiger partial charge in [0, 0.05) is 37.7 Å². The number of anilines is 1. The van der Waals surface area contributed by atoms with Crippen LogP contribution >= 0.6 is 23.2 Å². The highest BCUT2D eigenvalue weighted by atomic mass is 35.5. The van der Waals surface area contributed by atoms with Gasteiger partial charge in [-0.25, -0.2) is 0 Å². The van der Waals surface area contributed by atoms with E-state index < -0.39 is 0 Å². The van der Waals surface area contributed by atoms with Crippen molar-refractivity contribution in [2.45, 2.75) is 6.04 Å². The maximum absolute atomic E-state index is 9.06. The normalized spacial score (nSPS) is 18.2. The monoisotopic (exact) mass is 374 g/mol. The summed E-state index contributed by atoms with van der Waals surface area (Å²) in [4.78, 5) is 4.67. The molecule has 0 bridgehead atoms. The molecule has 6 heteroatoms. The number of hydrogen-bond donors (Lipinski definition) is 1. The van der Waals surface area contributed by atoms with E-state index in [1.807, 2.05) is 24.3 Å². The van der Waals surface area contributed by atoms with Crippen LogP contribution in [-0.4, -0.2) is 37.6 Å². The molecular formula is C19H20Cl2N4. The average molecular weight is 375 g/mol. The molecule has 1 atom stereocenters. The zero-order chi connectivity index (χ0) is 17.8. The van der Waals surface area contributed by atoms with Gasteiger partial charge in [-0.2, -0.15) is 5.26 Å². The maximum atomic E-state index is 9.06. The molecule has 2 aromatic rings. The van der Waals surface area contributed by atoms with Gasteiger partial charge in [-0.1, -0.05) is 35.3 Å². The molecule has 0 saturated carbocycles. The fraction of sp³-hybridized carbons (Fsp3) is 0.316. The fourth-order valence-corrected chi connectivity index (χ4v) is 3.71. The number of hydrogen-bond acceptors (Lipinski definition) is 4. The van der Waals surface area contributed by atoms with E-state index in [1.165, 1.54) is 5.56 Å². The van der Waals surface area contributed by atoms with E-state index in [2.05, 4.69) is 28.0 Å². The number of nitriles is 1. The van der Waals surface area contributed by atoms with Crippen molar-refractivity contribution in [1.82, 2.24) is 4.90 Å². The number of rotatable bonds is 4. The van der Waals surface area contributed by atoms with Crippen molar-refractivity contribution < 1.29 is 0 Å². The van der Waals surface area contributed by atoms with Crippen LogP contribution in [0.25, 0.3) is 0 Å². The topological polar surface area (TPSA) is 56.3 Å². The number of nitrogens with two attached hydrogens (primary N) is 1. The van der Waals surface area contributed by atoms with Gasteiger partial charge in [0.1, 0.15) is 0 Å². The SMILES string of the molecule is N#Cc1ccc(N2CCN(CCN)C[C@H]2c2ccc(Cl)cc2)c(Cl)c1. The summed E-state index contributed by atoms with van der Waals surface area (Å²) in [5.41, 5.74) is 8.45. The van der Waals surface area contributed by atoms with Crippen molar-refractivity contribution >= 4 is 28.9 Å². The summed E-state index contributed by atoms with van der Waals surface area (Å²) in [6.07, 6.45) is 0. The molecule has 1 aliphatic rings. The van der Waals surface area contributed by atoms with Gasteiger partial charge in [0.25, 0.3) is 0 Å². The van der Waals surface area contributed by atoms with E-state index in [1.54, 1.807) is 6.07 Å². The summed E-state index contributed by atoms with van der Waals surface area (Å²) in [6.45, 7) is 4.16. The lowest BCUT2D eigenvalue weighted by atomic mass is 10.0. The molecule has 1 saturated heterocycles. The van der Waals surface area contributed by atoms with Gasteiger partial charge >= 0.3 is 0 Å². The number of piperazine rings is 1. The van der Waals surface area contributed by atoms with Crippen LogP contribution in [0.5, 0.6) is 0 Å². The molecule has 4 nitrogen and oxygen atoms in total. The van der Waals surface area contributed by atoms with Crippen LogP contribution < -0.4 is 10.6 Å². The Hall–Kier alpha value is -1.77. The summed E-state index contributed by atoms with van der Waals surface area (Å²) in [7, 11) is 0. The molecule has 0 unspecified atom stereocenters. The lowest BCUT2D eigenvalue weighted by Crippen LogP contribution is -2.49. The highest BCUT2D eigenvalue weighted by Crippen LogP contribution is 2.35. The third-order valence-electron chi connectivity index (χ3n) is 4.55. The first-order chi connectivity index (χ1) is 12.1. The molecule has 1 aliphatic heterocycles. The van der Waals surface area contributed by atoms with Crippen molar-refractivity contribution in [3.63, 3.8) is 0 Å². The predicted octanol–water partition coefficient (Wildman–Crippen LogP) is 3.69. The van der Waals surface area contributed by atoms with Crippen molar-refractivity contribution in [2.75, 3.05) is 37.6 Å². The van der Waals surface area contributed by atoms with Crippen molar-refractivity contribution in [2.24, 2.45) is 5.73 Å². The number of benzene rings is 2. The lowest BCUT2D eigenvalue weighted by molar-refractivity contribution is 0.229. The largest absolute Gasteiger partial charge is 0.361 e. The Morgan fingerprint density at radius 1 is 1.12 bits per heavy atom. The molecule has 0 spiro atoms. The second-order valence-corrected chi connectivity index (χ2v) is 6.97. The van der Waals surface area contributed by atoms with Crippen LogP contribution in [0.1, 0.15) is 17.2 Å². The smallest absolute Gasteiger partial charge is 0.0992 e. The summed E-state index contributed by atoms with van der Waals surface area (Å²) in [5, 5.41) is 10.4. The van der Waals surface area contributed by atoms with Gasteiger partial charge in [-0.15, -0.1) is 0 Å². The minimum atomic E-state index is 0.156. The van der Waals surface area contributed by atoms with Crippen molar-refractivity contribution in [3.8, 4) is 6.07 Å². The zero-order valence-corrected chi connectivity index (χ0v) is 15.3. The second-order valence-electron chi connectivity index (χ2n) is 6.13. The Bertz CT molecular complexity index is 770. The van der Waals surface area contributed by atoms with Crippen LogP contribution in [0.3, 0.4) is 0 Å². The molecule has 3 rings (SSSR count). The molecule has 2 aromatic carbocycles. The second kappa shape index (κ2) is 8.07. The first-order valence-electron chi connectivity index (χ1n) is 8.26. The Balaban J connectivity index is 1.95. The van der Waals surface area contributed by atoms with Crippen LogP contribution in [0.2, 0.25) is 10.0 Å². The van der Waals surface area contributed by atoms with Gasteiger partial charge < -0.3 is 10.6 Å². The van der Waals surface area contributed by atoms with Crippen LogP contribution in [0.15, 0.2) is 42.5 Å². The standard InChI is InChI=1S/C19H20Cl2N4/c20-16-4-2-15(3-5-16)19-13-24(8-7-22)9-10-25(19)18-6-1-14(12-23)11-17(18)21/h1-6,11,19H,7-10,13,22H2/t19-/m0/s1. The van der Waals surface area contributed by atoms with Crippen LogP contribution in [-0.2, 0) is 0 Å². The summed E-state index contributed by atoms with van der Waals surface area (Å²) in [6, 6.07) is 15.7. The molecule has 0 aromatic heterocycles. The van der Waals surface area contributed by atoms with Crippen LogP contribution in [0, 0.1) is 11.3 Å². The van der Waals surface area contributed by atoms with E-state index in [0.717, 1.165) is 36.9 Å². The third-order valence-corrected chi connectivity index (χ3v) is 5.11. The molecule has 1 fully saturated rings. The van der Waals surface area contributed by atoms with Gasteiger partial charge in [-0.05, 0) is 35.9 Å². The van der Waals surface area contributed by atoms with E-state index >= 15 is 0 Å². The quantitative estimate of drug-likeness (QED) is 0.886. The minimum absolute atomic E-state index is 0.156. The number of halogens is 2. The Kier molecular flexibility index (Phi) is 5.82. The first kappa shape index (κ1) is 18.0. The molecule has 0 radical (unpaired) electrons. The van der Waals surface area contributed by atoms with Crippen molar-refractivity contribution in [1.29, 1.82) is 5.26 Å². The third kappa shape index (κ3) is 4.08. The average Bonchev–Trinajstić information content (AvgIpc) is 2.63. The minimum Gasteiger partial charge on any atom is -0.361 e. The molecule has 1 heterocycles. The Morgan fingerprint density at radius 2 is 1.88 bits per heavy atom. The van der Waals surface area contributed by atoms with E-state index in [4.69, 9.17) is 34.2 Å². The lowest BCUT2D eigenvalue weighted by Gasteiger charge is -2.43. The van der Waals surface area contributed by atoms with E-state index in [0.29, 0.717) is 17.1 Å². The van der Waals surface area contributed by atoms with E-state index in [-0.39, 0.29) is 6.04 Å². The Morgan fingerprint density at radius 3 is 2.52 bits per heavy atom. The van der Waals surface area contributed by atoms with Crippen LogP contribution in [0.4, 0.5) is 5.69 Å². The molecule has 130 valence electrons. The molecule has 0 aliphatic carbocycles. The van der Waals surface area contributed by atoms with E-state index in [9.17, 15) is 0 Å². The predicted molar refractivity (Wildman–Crippen MR) is 103 cm³/mol. The summed E-state index contributed by atoms with van der Waals surface area (Å²) < 4.78 is 0. The number of nitrogens with zero attached hydrogens (tertiary/aromatic N) is 3. The molecule has 2 N–H and O–H groups in total. The highest BCUT2D eigenvalue weighted by molar-refractivity contribution is 6.33. The van der Waals surface area contributed by atoms with Gasteiger partial charge in [0.05, 0.1) is 28.4 Å². The first-order valence-corrected chi connectivity index (χ1v) is 9.02. The van der Waals surface area contributed by atoms with Gasteiger partial charge in [0.2, 0.25) is 0 Å². The molecular weight excluding hydrogens is 355 g/mol. The zero-order valence-electron chi connectivity index (χ0n) is 13.8. The fourth-order valence-electron chi connectivity index (χ4n) is 3.29. The highest BCUT2D eigenvalue weighted by Gasteiger charge is 2.29. The maximum Gasteiger partial charge on any atom is 0.0992 e. The molecule has 25 heavy (non-hydrogen) atoms. The van der Waals surface area contributed by atoms with Gasteiger partial charge in [-0.3, -0.25) is 4.90 Å². The summed E-state index contributed by atoms with van der Waals surface area (Å²) in [5.74, 6) is 0. The Labute approximate surface area is 158 Å². The van der Waals surface area contributed by atoms with Gasteiger partial charge in [0.15, 0.2) is 0 Å². The summed E-state index contributed by atoms with van der Waals surface area (Å²) >= 11 is 12.5.